The SMILES string of the molecule is N#C[C@@H]1CSCN1C(=O)Cc1cc(C(N)=O)c2cc(CO[C@@H]3CCOC3)ccc2n1. The smallest absolute Gasteiger partial charge is 0.249 e. The molecule has 30 heavy (non-hydrogen) atoms. The number of aromatic nitrogens is 1. The monoisotopic (exact) mass is 426 g/mol. The van der Waals surface area contributed by atoms with Gasteiger partial charge in [-0.2, -0.15) is 5.26 Å². The number of nitrogens with two attached hydrogens (primary N) is 1. The zero-order chi connectivity index (χ0) is 21.1. The molecular formula is C21H22N4O4S. The van der Waals surface area contributed by atoms with Crippen molar-refractivity contribution in [2.75, 3.05) is 24.8 Å². The molecule has 1 aromatic carbocycles. The van der Waals surface area contributed by atoms with E-state index in [2.05, 4.69) is 11.1 Å². The van der Waals surface area contributed by atoms with Gasteiger partial charge in [-0.15, -0.1) is 11.8 Å². The maximum atomic E-state index is 12.6. The van der Waals surface area contributed by atoms with Crippen LogP contribution in [0.4, 0.5) is 0 Å². The van der Waals surface area contributed by atoms with Gasteiger partial charge in [0, 0.05) is 17.7 Å². The third-order valence-electron chi connectivity index (χ3n) is 5.25. The second kappa shape index (κ2) is 9.00. The number of hydrogen-bond donors (Lipinski definition) is 1. The molecule has 0 bridgehead atoms. The summed E-state index contributed by atoms with van der Waals surface area (Å²) in [6, 6.07) is 8.85. The van der Waals surface area contributed by atoms with Crippen LogP contribution in [0.1, 0.15) is 28.0 Å². The first-order chi connectivity index (χ1) is 14.5. The molecule has 2 saturated heterocycles. The van der Waals surface area contributed by atoms with Crippen molar-refractivity contribution in [2.24, 2.45) is 5.73 Å². The molecule has 1 aromatic heterocycles. The molecule has 2 aliphatic heterocycles. The largest absolute Gasteiger partial charge is 0.379 e. The third-order valence-corrected chi connectivity index (χ3v) is 6.26. The average molecular weight is 426 g/mol. The van der Waals surface area contributed by atoms with E-state index in [1.807, 2.05) is 18.2 Å². The van der Waals surface area contributed by atoms with Crippen molar-refractivity contribution >= 4 is 34.5 Å². The van der Waals surface area contributed by atoms with E-state index in [0.717, 1.165) is 12.0 Å². The van der Waals surface area contributed by atoms with E-state index in [9.17, 15) is 14.9 Å². The zero-order valence-corrected chi connectivity index (χ0v) is 17.2. The predicted molar refractivity (Wildman–Crippen MR) is 112 cm³/mol. The van der Waals surface area contributed by atoms with Crippen molar-refractivity contribution in [1.29, 1.82) is 5.26 Å². The number of thioether (sulfide) groups is 1. The van der Waals surface area contributed by atoms with Crippen molar-refractivity contribution < 1.29 is 19.1 Å². The van der Waals surface area contributed by atoms with Gasteiger partial charge in [-0.1, -0.05) is 6.07 Å². The molecule has 4 rings (SSSR count). The first-order valence-electron chi connectivity index (χ1n) is 9.73. The fourth-order valence-corrected chi connectivity index (χ4v) is 4.73. The number of carbonyl (C=O) groups excluding carboxylic acids is 2. The molecule has 156 valence electrons. The van der Waals surface area contributed by atoms with Gasteiger partial charge >= 0.3 is 0 Å². The first kappa shape index (κ1) is 20.6. The molecule has 0 radical (unpaired) electrons. The number of nitrogens with zero attached hydrogens (tertiary/aromatic N) is 3. The average Bonchev–Trinajstić information content (AvgIpc) is 3.43. The molecule has 2 aromatic rings. The molecule has 8 nitrogen and oxygen atoms in total. The van der Waals surface area contributed by atoms with E-state index in [1.165, 1.54) is 0 Å². The van der Waals surface area contributed by atoms with E-state index < -0.39 is 11.9 Å². The van der Waals surface area contributed by atoms with E-state index in [4.69, 9.17) is 15.2 Å². The quantitative estimate of drug-likeness (QED) is 0.745. The lowest BCUT2D eigenvalue weighted by Gasteiger charge is -2.18. The van der Waals surface area contributed by atoms with Crippen molar-refractivity contribution in [2.45, 2.75) is 31.6 Å². The van der Waals surface area contributed by atoms with Crippen LogP contribution in [0.3, 0.4) is 0 Å². The van der Waals surface area contributed by atoms with Crippen molar-refractivity contribution in [3.8, 4) is 6.07 Å². The fourth-order valence-electron chi connectivity index (χ4n) is 3.62. The molecule has 9 heteroatoms. The normalized spacial score (nSPS) is 21.1. The number of amides is 2. The number of benzene rings is 1. The minimum Gasteiger partial charge on any atom is -0.379 e. The van der Waals surface area contributed by atoms with Crippen LogP contribution in [0.25, 0.3) is 10.9 Å². The minimum absolute atomic E-state index is 0.0154. The van der Waals surface area contributed by atoms with Crippen LogP contribution >= 0.6 is 11.8 Å². The summed E-state index contributed by atoms with van der Waals surface area (Å²) in [6.45, 7) is 1.72. The number of nitriles is 1. The third kappa shape index (κ3) is 4.41. The zero-order valence-electron chi connectivity index (χ0n) is 16.4. The van der Waals surface area contributed by atoms with Crippen LogP contribution in [-0.2, 0) is 27.3 Å². The highest BCUT2D eigenvalue weighted by molar-refractivity contribution is 7.99. The topological polar surface area (TPSA) is 119 Å². The van der Waals surface area contributed by atoms with Gasteiger partial charge in [-0.05, 0) is 30.2 Å². The summed E-state index contributed by atoms with van der Waals surface area (Å²) < 4.78 is 11.2. The first-order valence-corrected chi connectivity index (χ1v) is 10.9. The van der Waals surface area contributed by atoms with Crippen molar-refractivity contribution in [3.05, 3.63) is 41.1 Å². The second-order valence-corrected chi connectivity index (χ2v) is 8.36. The maximum Gasteiger partial charge on any atom is 0.249 e. The van der Waals surface area contributed by atoms with Gasteiger partial charge in [0.2, 0.25) is 11.8 Å². The number of rotatable bonds is 6. The van der Waals surface area contributed by atoms with E-state index in [0.29, 0.717) is 53.6 Å². The summed E-state index contributed by atoms with van der Waals surface area (Å²) in [5.41, 5.74) is 7.90. The lowest BCUT2D eigenvalue weighted by molar-refractivity contribution is -0.130. The summed E-state index contributed by atoms with van der Waals surface area (Å²) in [5, 5.41) is 9.83. The van der Waals surface area contributed by atoms with Gasteiger partial charge in [-0.25, -0.2) is 0 Å². The highest BCUT2D eigenvalue weighted by Gasteiger charge is 2.29. The number of primary amides is 1. The highest BCUT2D eigenvalue weighted by atomic mass is 32.2. The summed E-state index contributed by atoms with van der Waals surface area (Å²) in [5.74, 6) is 0.336. The van der Waals surface area contributed by atoms with Crippen LogP contribution < -0.4 is 5.73 Å². The van der Waals surface area contributed by atoms with Crippen LogP contribution in [0.2, 0.25) is 0 Å². The highest BCUT2D eigenvalue weighted by Crippen LogP contribution is 2.24. The Bertz CT molecular complexity index is 1020. The number of carbonyl (C=O) groups is 2. The van der Waals surface area contributed by atoms with E-state index in [1.54, 1.807) is 22.7 Å². The Morgan fingerprint density at radius 2 is 2.27 bits per heavy atom. The molecule has 0 aliphatic carbocycles. The van der Waals surface area contributed by atoms with Crippen LogP contribution in [0.5, 0.6) is 0 Å². The van der Waals surface area contributed by atoms with Gasteiger partial charge < -0.3 is 20.1 Å². The fraction of sp³-hybridized carbons (Fsp3) is 0.429. The van der Waals surface area contributed by atoms with Crippen LogP contribution in [-0.4, -0.2) is 58.7 Å². The summed E-state index contributed by atoms with van der Waals surface area (Å²) >= 11 is 1.55. The number of fused-ring (bicyclic) bond motifs is 1. The Morgan fingerprint density at radius 3 is 3.00 bits per heavy atom. The molecule has 2 aliphatic rings. The lowest BCUT2D eigenvalue weighted by atomic mass is 10.0. The Labute approximate surface area is 178 Å². The van der Waals surface area contributed by atoms with E-state index in [-0.39, 0.29) is 18.4 Å². The maximum absolute atomic E-state index is 12.6. The van der Waals surface area contributed by atoms with Crippen LogP contribution in [0.15, 0.2) is 24.3 Å². The molecule has 3 heterocycles. The molecule has 2 N–H and O–H groups in total. The molecule has 2 amide bonds. The van der Waals surface area contributed by atoms with Crippen molar-refractivity contribution in [3.63, 3.8) is 0 Å². The standard InChI is InChI=1S/C21H22N4O4S/c22-8-15-11-30-12-25(15)20(26)7-14-6-18(21(23)27)17-5-13(1-2-19(17)24-14)9-29-16-3-4-28-10-16/h1-2,5-6,15-16H,3-4,7,9-12H2,(H2,23,27)/t15-,16-/m1/s1. The van der Waals surface area contributed by atoms with Gasteiger partial charge in [0.1, 0.15) is 6.04 Å². The predicted octanol–water partition coefficient (Wildman–Crippen LogP) is 1.61. The Kier molecular flexibility index (Phi) is 6.18. The number of ether oxygens (including phenoxy) is 2. The summed E-state index contributed by atoms with van der Waals surface area (Å²) in [6.07, 6.45) is 0.978. The van der Waals surface area contributed by atoms with Gasteiger partial charge in [0.25, 0.3) is 0 Å². The van der Waals surface area contributed by atoms with Gasteiger partial charge in [0.05, 0.1) is 54.5 Å². The van der Waals surface area contributed by atoms with Crippen molar-refractivity contribution in [1.82, 2.24) is 9.88 Å². The van der Waals surface area contributed by atoms with Crippen LogP contribution in [0, 0.1) is 11.3 Å². The van der Waals surface area contributed by atoms with Gasteiger partial charge in [0.15, 0.2) is 0 Å². The molecule has 0 spiro atoms. The Hall–Kier alpha value is -2.67. The molecule has 0 saturated carbocycles. The lowest BCUT2D eigenvalue weighted by Crippen LogP contribution is -2.36. The van der Waals surface area contributed by atoms with Gasteiger partial charge in [-0.3, -0.25) is 14.6 Å². The summed E-state index contributed by atoms with van der Waals surface area (Å²) in [4.78, 5) is 30.8. The Morgan fingerprint density at radius 1 is 1.40 bits per heavy atom. The molecule has 2 atom stereocenters. The number of hydrogen-bond acceptors (Lipinski definition) is 7. The molecular weight excluding hydrogens is 404 g/mol. The number of pyridine rings is 1. The molecule has 0 unspecified atom stereocenters. The summed E-state index contributed by atoms with van der Waals surface area (Å²) in [7, 11) is 0. The van der Waals surface area contributed by atoms with E-state index >= 15 is 0 Å². The molecule has 2 fully saturated rings. The second-order valence-electron chi connectivity index (χ2n) is 7.36. The minimum atomic E-state index is -0.579. The Balaban J connectivity index is 1.56.